The first-order chi connectivity index (χ1) is 9.16. The lowest BCUT2D eigenvalue weighted by Crippen LogP contribution is -2.30. The minimum Gasteiger partial charge on any atom is -0.486 e. The van der Waals surface area contributed by atoms with Gasteiger partial charge in [0.2, 0.25) is 5.91 Å². The summed E-state index contributed by atoms with van der Waals surface area (Å²) < 4.78 is 10.9. The lowest BCUT2D eigenvalue weighted by Gasteiger charge is -2.22. The molecule has 1 N–H and O–H groups in total. The number of hydrogen-bond acceptors (Lipinski definition) is 4. The molecule has 0 unspecified atom stereocenters. The highest BCUT2D eigenvalue weighted by atomic mass is 16.6. The van der Waals surface area contributed by atoms with E-state index in [1.54, 1.807) is 18.2 Å². The van der Waals surface area contributed by atoms with Gasteiger partial charge in [0.05, 0.1) is 0 Å². The van der Waals surface area contributed by atoms with Crippen LogP contribution in [0.3, 0.4) is 0 Å². The molecule has 1 aromatic rings. The number of ether oxygens (including phenoxy) is 2. The first kappa shape index (κ1) is 11.8. The number of nitrogens with zero attached hydrogens (tertiary/aromatic N) is 1. The van der Waals surface area contributed by atoms with Gasteiger partial charge in [-0.05, 0) is 18.6 Å². The number of benzene rings is 1. The second-order valence-corrected chi connectivity index (χ2v) is 4.50. The minimum absolute atomic E-state index is 0.336. The second kappa shape index (κ2) is 4.46. The molecule has 0 spiro atoms. The third-order valence-electron chi connectivity index (χ3n) is 3.34. The van der Waals surface area contributed by atoms with Crippen LogP contribution < -0.4 is 14.4 Å². The summed E-state index contributed by atoms with van der Waals surface area (Å²) in [5.74, 6) is -1.13. The molecule has 6 heteroatoms. The zero-order chi connectivity index (χ0) is 13.4. The Balaban J connectivity index is 1.87. The summed E-state index contributed by atoms with van der Waals surface area (Å²) >= 11 is 0. The fraction of sp³-hybridized carbons (Fsp3) is 0.385. The molecular formula is C13H13NO5. The van der Waals surface area contributed by atoms with Gasteiger partial charge < -0.3 is 19.5 Å². The third kappa shape index (κ3) is 1.99. The molecule has 6 nitrogen and oxygen atoms in total. The van der Waals surface area contributed by atoms with Crippen LogP contribution in [0.1, 0.15) is 6.42 Å². The van der Waals surface area contributed by atoms with Crippen molar-refractivity contribution in [3.8, 4) is 11.5 Å². The molecule has 1 saturated heterocycles. The quantitative estimate of drug-likeness (QED) is 0.802. The molecule has 0 bridgehead atoms. The van der Waals surface area contributed by atoms with E-state index in [1.165, 1.54) is 4.90 Å². The molecule has 1 amide bonds. The number of carbonyl (C=O) groups is 2. The standard InChI is InChI=1S/C13H13NO5/c15-12-9(13(16)17)3-4-14(12)8-1-2-10-11(7-8)19-6-5-18-10/h1-2,7,9H,3-6H2,(H,16,17)/t9-/m1/s1. The van der Waals surface area contributed by atoms with Crippen molar-refractivity contribution >= 4 is 17.6 Å². The number of carbonyl (C=O) groups excluding carboxylic acids is 1. The predicted octanol–water partition coefficient (Wildman–Crippen LogP) is 0.895. The molecule has 2 aliphatic rings. The van der Waals surface area contributed by atoms with Crippen LogP contribution in [0.15, 0.2) is 18.2 Å². The van der Waals surface area contributed by atoms with Crippen LogP contribution >= 0.6 is 0 Å². The van der Waals surface area contributed by atoms with Gasteiger partial charge in [0, 0.05) is 18.3 Å². The SMILES string of the molecule is O=C(O)[C@@H]1CCN(c2ccc3c(c2)OCCO3)C1=O. The largest absolute Gasteiger partial charge is 0.486 e. The number of anilines is 1. The Morgan fingerprint density at radius 3 is 2.68 bits per heavy atom. The number of aliphatic carboxylic acids is 1. The van der Waals surface area contributed by atoms with Crippen LogP contribution in [0.2, 0.25) is 0 Å². The maximum atomic E-state index is 12.0. The number of fused-ring (bicyclic) bond motifs is 1. The molecule has 100 valence electrons. The van der Waals surface area contributed by atoms with E-state index in [2.05, 4.69) is 0 Å². The van der Waals surface area contributed by atoms with E-state index < -0.39 is 11.9 Å². The van der Waals surface area contributed by atoms with Crippen molar-refractivity contribution in [3.63, 3.8) is 0 Å². The maximum Gasteiger partial charge on any atom is 0.316 e. The summed E-state index contributed by atoms with van der Waals surface area (Å²) in [7, 11) is 0. The number of carboxylic acids is 1. The fourth-order valence-corrected chi connectivity index (χ4v) is 2.37. The molecule has 1 atom stereocenters. The highest BCUT2D eigenvalue weighted by molar-refractivity contribution is 6.07. The van der Waals surface area contributed by atoms with Crippen LogP contribution in [0.5, 0.6) is 11.5 Å². The van der Waals surface area contributed by atoms with Gasteiger partial charge in [-0.3, -0.25) is 9.59 Å². The van der Waals surface area contributed by atoms with Gasteiger partial charge in [-0.1, -0.05) is 0 Å². The summed E-state index contributed by atoms with van der Waals surface area (Å²) in [6.07, 6.45) is 0.336. The first-order valence-electron chi connectivity index (χ1n) is 6.10. The fourth-order valence-electron chi connectivity index (χ4n) is 2.37. The number of rotatable bonds is 2. The molecular weight excluding hydrogens is 250 g/mol. The average molecular weight is 263 g/mol. The van der Waals surface area contributed by atoms with Crippen LogP contribution in [0.4, 0.5) is 5.69 Å². The smallest absolute Gasteiger partial charge is 0.316 e. The molecule has 2 aliphatic heterocycles. The second-order valence-electron chi connectivity index (χ2n) is 4.50. The number of carboxylic acid groups (broad SMARTS) is 1. The van der Waals surface area contributed by atoms with Crippen molar-refractivity contribution in [2.45, 2.75) is 6.42 Å². The van der Waals surface area contributed by atoms with Crippen molar-refractivity contribution in [3.05, 3.63) is 18.2 Å². The summed E-state index contributed by atoms with van der Waals surface area (Å²) in [6.45, 7) is 1.40. The van der Waals surface area contributed by atoms with E-state index in [4.69, 9.17) is 14.6 Å². The lowest BCUT2D eigenvalue weighted by atomic mass is 10.1. The molecule has 0 radical (unpaired) electrons. The molecule has 0 saturated carbocycles. The molecule has 2 heterocycles. The lowest BCUT2D eigenvalue weighted by molar-refractivity contribution is -0.144. The molecule has 19 heavy (non-hydrogen) atoms. The molecule has 1 fully saturated rings. The molecule has 1 aromatic carbocycles. The van der Waals surface area contributed by atoms with E-state index in [-0.39, 0.29) is 5.91 Å². The van der Waals surface area contributed by atoms with E-state index in [9.17, 15) is 9.59 Å². The topological polar surface area (TPSA) is 76.1 Å². The van der Waals surface area contributed by atoms with Gasteiger partial charge in [-0.15, -0.1) is 0 Å². The molecule has 0 aromatic heterocycles. The maximum absolute atomic E-state index is 12.0. The van der Waals surface area contributed by atoms with Crippen molar-refractivity contribution in [1.29, 1.82) is 0 Å². The Labute approximate surface area is 109 Å². The van der Waals surface area contributed by atoms with Crippen LogP contribution in [-0.4, -0.2) is 36.7 Å². The summed E-state index contributed by atoms with van der Waals surface area (Å²) in [5.41, 5.74) is 0.651. The van der Waals surface area contributed by atoms with Crippen molar-refractivity contribution in [2.24, 2.45) is 5.92 Å². The Morgan fingerprint density at radius 1 is 1.26 bits per heavy atom. The van der Waals surface area contributed by atoms with Gasteiger partial charge in [-0.2, -0.15) is 0 Å². The summed E-state index contributed by atoms with van der Waals surface area (Å²) in [4.78, 5) is 24.4. The molecule has 3 rings (SSSR count). The van der Waals surface area contributed by atoms with Crippen LogP contribution in [-0.2, 0) is 9.59 Å². The van der Waals surface area contributed by atoms with Crippen molar-refractivity contribution < 1.29 is 24.2 Å². The van der Waals surface area contributed by atoms with Gasteiger partial charge in [0.25, 0.3) is 0 Å². The number of hydrogen-bond donors (Lipinski definition) is 1. The minimum atomic E-state index is -1.06. The summed E-state index contributed by atoms with van der Waals surface area (Å²) in [6, 6.07) is 5.21. The van der Waals surface area contributed by atoms with Crippen molar-refractivity contribution in [2.75, 3.05) is 24.7 Å². The Kier molecular flexibility index (Phi) is 2.77. The predicted molar refractivity (Wildman–Crippen MR) is 65.5 cm³/mol. The Hall–Kier alpha value is -2.24. The third-order valence-corrected chi connectivity index (χ3v) is 3.34. The van der Waals surface area contributed by atoms with Gasteiger partial charge in [0.15, 0.2) is 11.5 Å². The molecule has 0 aliphatic carbocycles. The zero-order valence-corrected chi connectivity index (χ0v) is 10.2. The van der Waals surface area contributed by atoms with E-state index in [0.717, 1.165) is 0 Å². The number of amides is 1. The van der Waals surface area contributed by atoms with Crippen molar-refractivity contribution in [1.82, 2.24) is 0 Å². The van der Waals surface area contributed by atoms with E-state index >= 15 is 0 Å². The van der Waals surface area contributed by atoms with Crippen LogP contribution in [0.25, 0.3) is 0 Å². The Morgan fingerprint density at radius 2 is 2.00 bits per heavy atom. The van der Waals surface area contributed by atoms with E-state index in [0.29, 0.717) is 43.4 Å². The highest BCUT2D eigenvalue weighted by Crippen LogP contribution is 2.35. The van der Waals surface area contributed by atoms with Gasteiger partial charge in [-0.25, -0.2) is 0 Å². The zero-order valence-electron chi connectivity index (χ0n) is 10.2. The first-order valence-corrected chi connectivity index (χ1v) is 6.10. The van der Waals surface area contributed by atoms with Gasteiger partial charge >= 0.3 is 5.97 Å². The van der Waals surface area contributed by atoms with E-state index in [1.807, 2.05) is 0 Å². The highest BCUT2D eigenvalue weighted by Gasteiger charge is 2.37. The van der Waals surface area contributed by atoms with Gasteiger partial charge in [0.1, 0.15) is 19.1 Å². The Bertz CT molecular complexity index is 542. The average Bonchev–Trinajstić information content (AvgIpc) is 2.80. The normalized spacial score (nSPS) is 21.6. The monoisotopic (exact) mass is 263 g/mol. The van der Waals surface area contributed by atoms with Crippen LogP contribution in [0, 0.1) is 5.92 Å². The summed E-state index contributed by atoms with van der Waals surface area (Å²) in [5, 5.41) is 8.95.